The Morgan fingerprint density at radius 2 is 1.62 bits per heavy atom. The highest BCUT2D eigenvalue weighted by atomic mass is 32.2. The van der Waals surface area contributed by atoms with E-state index in [0.717, 1.165) is 54.4 Å². The molecule has 1 fully saturated rings. The topological polar surface area (TPSA) is 122 Å². The normalized spacial score (nSPS) is 14.6. The Bertz CT molecular complexity index is 1600. The van der Waals surface area contributed by atoms with E-state index in [1.165, 1.54) is 0 Å². The fraction of sp³-hybridized carbons (Fsp3) is 0.474. The van der Waals surface area contributed by atoms with Crippen LogP contribution in [0.1, 0.15) is 100 Å². The number of rotatable bonds is 14. The number of hydrogen-bond donors (Lipinski definition) is 2. The first-order valence-electron chi connectivity index (χ1n) is 17.0. The number of carbonyl (C=O) groups excluding carboxylic acids is 2. The molecule has 9 nitrogen and oxygen atoms in total. The monoisotopic (exact) mass is 678 g/mol. The summed E-state index contributed by atoms with van der Waals surface area (Å²) in [7, 11) is -3.74. The SMILES string of the molecule is CCCS(=O)(=O)NC(=O)c1ccc(-c2ccc(CCCN(C[C@H](O)c3ccccc3)C(=O)OC(C)(C)C)cc2)cc1OC1CCCCC1. The molecule has 0 aliphatic heterocycles. The molecule has 2 amide bonds. The molecule has 0 aromatic heterocycles. The fourth-order valence-electron chi connectivity index (χ4n) is 5.78. The Kier molecular flexibility index (Phi) is 13.1. The largest absolute Gasteiger partial charge is 0.490 e. The van der Waals surface area contributed by atoms with Gasteiger partial charge in [0.05, 0.1) is 30.1 Å². The van der Waals surface area contributed by atoms with Gasteiger partial charge >= 0.3 is 6.09 Å². The van der Waals surface area contributed by atoms with E-state index in [1.54, 1.807) is 24.0 Å². The Morgan fingerprint density at radius 1 is 0.958 bits per heavy atom. The third kappa shape index (κ3) is 11.4. The molecule has 0 bridgehead atoms. The van der Waals surface area contributed by atoms with E-state index in [0.29, 0.717) is 31.6 Å². The zero-order valence-electron chi connectivity index (χ0n) is 28.6. The first kappa shape index (κ1) is 36.9. The smallest absolute Gasteiger partial charge is 0.410 e. The van der Waals surface area contributed by atoms with Crippen molar-refractivity contribution in [2.45, 2.75) is 96.9 Å². The number of nitrogens with one attached hydrogen (secondary N) is 1. The summed E-state index contributed by atoms with van der Waals surface area (Å²) in [6.45, 7) is 7.76. The molecule has 0 saturated heterocycles. The van der Waals surface area contributed by atoms with E-state index >= 15 is 0 Å². The number of benzene rings is 3. The van der Waals surface area contributed by atoms with Gasteiger partial charge in [0.2, 0.25) is 10.0 Å². The Balaban J connectivity index is 1.45. The number of ether oxygens (including phenoxy) is 2. The van der Waals surface area contributed by atoms with Crippen LogP contribution in [0.4, 0.5) is 4.79 Å². The fourth-order valence-corrected chi connectivity index (χ4v) is 6.81. The molecule has 1 aliphatic carbocycles. The van der Waals surface area contributed by atoms with Gasteiger partial charge in [-0.05, 0) is 100 Å². The number of amides is 2. The van der Waals surface area contributed by atoms with Crippen molar-refractivity contribution >= 4 is 22.0 Å². The summed E-state index contributed by atoms with van der Waals surface area (Å²) in [6, 6.07) is 22.6. The average molecular weight is 679 g/mol. The van der Waals surface area contributed by atoms with Crippen LogP contribution in [0.25, 0.3) is 11.1 Å². The van der Waals surface area contributed by atoms with Gasteiger partial charge in [0.25, 0.3) is 5.91 Å². The molecule has 3 aromatic rings. The standard InChI is InChI=1S/C38H50N2O7S/c1-5-25-48(44,45)39-36(42)33-23-22-31(26-35(33)46-32-16-10-7-11-17-32)29-20-18-28(19-21-29)13-12-24-40(37(43)47-38(2,3)4)27-34(41)30-14-8-6-9-15-30/h6,8-9,14-15,18-23,26,32,34,41H,5,7,10-13,16-17,24-25,27H2,1-4H3,(H,39,42)/t34-/m0/s1. The average Bonchev–Trinajstić information content (AvgIpc) is 3.04. The van der Waals surface area contributed by atoms with Crippen LogP contribution in [0.2, 0.25) is 0 Å². The minimum Gasteiger partial charge on any atom is -0.490 e. The summed E-state index contributed by atoms with van der Waals surface area (Å²) >= 11 is 0. The minimum atomic E-state index is -3.74. The molecule has 3 aromatic carbocycles. The predicted molar refractivity (Wildman–Crippen MR) is 188 cm³/mol. The lowest BCUT2D eigenvalue weighted by molar-refractivity contribution is 0.0142. The first-order chi connectivity index (χ1) is 22.8. The van der Waals surface area contributed by atoms with Gasteiger partial charge in [-0.3, -0.25) is 4.79 Å². The number of carbonyl (C=O) groups is 2. The lowest BCUT2D eigenvalue weighted by atomic mass is 9.97. The van der Waals surface area contributed by atoms with Gasteiger partial charge in [0, 0.05) is 6.54 Å². The van der Waals surface area contributed by atoms with Gasteiger partial charge in [0.1, 0.15) is 11.4 Å². The van der Waals surface area contributed by atoms with Crippen LogP contribution < -0.4 is 9.46 Å². The highest BCUT2D eigenvalue weighted by molar-refractivity contribution is 7.90. The molecule has 0 heterocycles. The van der Waals surface area contributed by atoms with E-state index in [-0.39, 0.29) is 24.0 Å². The minimum absolute atomic E-state index is 0.0239. The molecule has 48 heavy (non-hydrogen) atoms. The van der Waals surface area contributed by atoms with Crippen LogP contribution in [-0.2, 0) is 21.2 Å². The molecule has 1 aliphatic rings. The zero-order valence-corrected chi connectivity index (χ0v) is 29.4. The van der Waals surface area contributed by atoms with E-state index in [4.69, 9.17) is 9.47 Å². The number of aryl methyl sites for hydroxylation is 1. The van der Waals surface area contributed by atoms with Gasteiger partial charge in [-0.15, -0.1) is 0 Å². The molecular formula is C38H50N2O7S. The second-order valence-electron chi connectivity index (χ2n) is 13.5. The van der Waals surface area contributed by atoms with Gasteiger partial charge in [0.15, 0.2) is 0 Å². The van der Waals surface area contributed by atoms with E-state index in [9.17, 15) is 23.1 Å². The van der Waals surface area contributed by atoms with Crippen molar-refractivity contribution in [1.82, 2.24) is 9.62 Å². The van der Waals surface area contributed by atoms with Crippen LogP contribution in [0.5, 0.6) is 5.75 Å². The predicted octanol–water partition coefficient (Wildman–Crippen LogP) is 7.44. The maximum atomic E-state index is 13.1. The van der Waals surface area contributed by atoms with Crippen LogP contribution in [0, 0.1) is 0 Å². The number of nitrogens with zero attached hydrogens (tertiary/aromatic N) is 1. The number of aliphatic hydroxyl groups is 1. The lowest BCUT2D eigenvalue weighted by Gasteiger charge is -2.29. The molecule has 2 N–H and O–H groups in total. The molecule has 1 saturated carbocycles. The van der Waals surface area contributed by atoms with Crippen molar-refractivity contribution in [2.24, 2.45) is 0 Å². The van der Waals surface area contributed by atoms with Crippen molar-refractivity contribution in [1.29, 1.82) is 0 Å². The van der Waals surface area contributed by atoms with Gasteiger partial charge in [-0.25, -0.2) is 17.9 Å². The van der Waals surface area contributed by atoms with E-state index in [1.807, 2.05) is 81.4 Å². The third-order valence-electron chi connectivity index (χ3n) is 8.20. The van der Waals surface area contributed by atoms with Crippen molar-refractivity contribution < 1.29 is 32.6 Å². The zero-order chi connectivity index (χ0) is 34.7. The summed E-state index contributed by atoms with van der Waals surface area (Å²) in [5, 5.41) is 10.8. The number of sulfonamides is 1. The summed E-state index contributed by atoms with van der Waals surface area (Å²) in [5.74, 6) is -0.433. The summed E-state index contributed by atoms with van der Waals surface area (Å²) < 4.78 is 38.8. The highest BCUT2D eigenvalue weighted by Gasteiger charge is 2.25. The van der Waals surface area contributed by atoms with Gasteiger partial charge in [-0.2, -0.15) is 0 Å². The third-order valence-corrected chi connectivity index (χ3v) is 9.65. The van der Waals surface area contributed by atoms with Gasteiger partial charge in [-0.1, -0.05) is 74.0 Å². The van der Waals surface area contributed by atoms with Crippen LogP contribution >= 0.6 is 0 Å². The molecular weight excluding hydrogens is 628 g/mol. The maximum absolute atomic E-state index is 13.1. The van der Waals surface area contributed by atoms with Crippen LogP contribution in [0.15, 0.2) is 72.8 Å². The summed E-state index contributed by atoms with van der Waals surface area (Å²) in [4.78, 5) is 27.6. The second-order valence-corrected chi connectivity index (χ2v) is 15.3. The summed E-state index contributed by atoms with van der Waals surface area (Å²) in [5.41, 5.74) is 3.16. The Hall–Kier alpha value is -3.89. The lowest BCUT2D eigenvalue weighted by Crippen LogP contribution is -2.40. The first-order valence-corrected chi connectivity index (χ1v) is 18.6. The maximum Gasteiger partial charge on any atom is 0.410 e. The molecule has 0 unspecified atom stereocenters. The quantitative estimate of drug-likeness (QED) is 0.182. The van der Waals surface area contributed by atoms with Crippen molar-refractivity contribution in [3.8, 4) is 16.9 Å². The molecule has 1 atom stereocenters. The molecule has 0 spiro atoms. The molecule has 10 heteroatoms. The Labute approximate surface area is 285 Å². The van der Waals surface area contributed by atoms with Crippen molar-refractivity contribution in [3.05, 3.63) is 89.5 Å². The van der Waals surface area contributed by atoms with E-state index < -0.39 is 33.7 Å². The second kappa shape index (κ2) is 17.0. The molecule has 0 radical (unpaired) electrons. The molecule has 260 valence electrons. The van der Waals surface area contributed by atoms with Gasteiger partial charge < -0.3 is 19.5 Å². The van der Waals surface area contributed by atoms with Crippen molar-refractivity contribution in [3.63, 3.8) is 0 Å². The van der Waals surface area contributed by atoms with E-state index in [2.05, 4.69) is 4.72 Å². The highest BCUT2D eigenvalue weighted by Crippen LogP contribution is 2.31. The summed E-state index contributed by atoms with van der Waals surface area (Å²) in [6.07, 6.45) is 5.53. The number of aliphatic hydroxyl groups excluding tert-OH is 1. The molecule has 4 rings (SSSR count). The Morgan fingerprint density at radius 3 is 2.27 bits per heavy atom. The van der Waals surface area contributed by atoms with Crippen LogP contribution in [-0.4, -0.2) is 61.0 Å². The number of hydrogen-bond acceptors (Lipinski definition) is 7. The van der Waals surface area contributed by atoms with Crippen LogP contribution in [0.3, 0.4) is 0 Å². The van der Waals surface area contributed by atoms with Crippen molar-refractivity contribution in [2.75, 3.05) is 18.8 Å².